The maximum atomic E-state index is 2.51. The van der Waals surface area contributed by atoms with Gasteiger partial charge in [-0.2, -0.15) is 0 Å². The zero-order valence-electron chi connectivity index (χ0n) is 29.7. The highest BCUT2D eigenvalue weighted by molar-refractivity contribution is 7.31. The molecule has 0 aliphatic carbocycles. The standard InChI is InChI=1S/C42H70S3/c1-3-5-7-9-11-13-15-17-19-21-23-25-27-29-32-37-36-44-42-38(41(45-40(37)42)39-34-31-35-43-39)33-30-28-26-24-22-20-18-16-14-12-10-8-6-4-2/h31,34-36H,3-30,32-33H2,1-2H3. The highest BCUT2D eigenvalue weighted by Gasteiger charge is 2.18. The number of unbranched alkanes of at least 4 members (excludes halogenated alkanes) is 26. The van der Waals surface area contributed by atoms with Crippen molar-refractivity contribution in [3.8, 4) is 9.75 Å². The van der Waals surface area contributed by atoms with Gasteiger partial charge in [0.15, 0.2) is 0 Å². The SMILES string of the molecule is CCCCCCCCCCCCCCCCc1csc2c(CCCCCCCCCCCCCCCC)c(-c3cccs3)sc12. The van der Waals surface area contributed by atoms with Gasteiger partial charge in [0, 0.05) is 19.2 Å². The van der Waals surface area contributed by atoms with Crippen molar-refractivity contribution in [3.63, 3.8) is 0 Å². The Kier molecular flexibility index (Phi) is 22.7. The summed E-state index contributed by atoms with van der Waals surface area (Å²) in [6.45, 7) is 4.62. The van der Waals surface area contributed by atoms with E-state index >= 15 is 0 Å². The minimum absolute atomic E-state index is 1.27. The zero-order chi connectivity index (χ0) is 31.6. The van der Waals surface area contributed by atoms with E-state index in [2.05, 4.69) is 48.1 Å². The molecule has 0 N–H and O–H groups in total. The van der Waals surface area contributed by atoms with Crippen LogP contribution in [0.5, 0.6) is 0 Å². The molecule has 0 saturated heterocycles. The highest BCUT2D eigenvalue weighted by atomic mass is 32.1. The van der Waals surface area contributed by atoms with Crippen LogP contribution in [0, 0.1) is 0 Å². The number of hydrogen-bond donors (Lipinski definition) is 0. The molecule has 45 heavy (non-hydrogen) atoms. The second-order valence-electron chi connectivity index (χ2n) is 14.0. The van der Waals surface area contributed by atoms with E-state index in [1.54, 1.807) is 25.4 Å². The quantitative estimate of drug-likeness (QED) is 0.0598. The smallest absolute Gasteiger partial charge is 0.0495 e. The fourth-order valence-corrected chi connectivity index (χ4v) is 10.6. The van der Waals surface area contributed by atoms with Gasteiger partial charge in [0.05, 0.1) is 0 Å². The van der Waals surface area contributed by atoms with Gasteiger partial charge < -0.3 is 0 Å². The molecule has 3 aromatic rings. The van der Waals surface area contributed by atoms with E-state index in [1.807, 2.05) is 22.7 Å². The van der Waals surface area contributed by atoms with Gasteiger partial charge in [-0.1, -0.05) is 187 Å². The Morgan fingerprint density at radius 1 is 0.444 bits per heavy atom. The molecule has 0 saturated carbocycles. The molecule has 3 heterocycles. The normalized spacial score (nSPS) is 11.8. The van der Waals surface area contributed by atoms with E-state index in [-0.39, 0.29) is 0 Å². The third-order valence-corrected chi connectivity index (χ3v) is 13.5. The van der Waals surface area contributed by atoms with Crippen LogP contribution in [0.3, 0.4) is 0 Å². The van der Waals surface area contributed by atoms with Crippen LogP contribution >= 0.6 is 34.0 Å². The van der Waals surface area contributed by atoms with Crippen LogP contribution in [-0.2, 0) is 12.8 Å². The van der Waals surface area contributed by atoms with Crippen LogP contribution in [-0.4, -0.2) is 0 Å². The molecule has 256 valence electrons. The fourth-order valence-electron chi connectivity index (χ4n) is 6.98. The summed E-state index contributed by atoms with van der Waals surface area (Å²) in [4.78, 5) is 3.08. The second kappa shape index (κ2) is 26.3. The number of aryl methyl sites for hydroxylation is 2. The summed E-state index contributed by atoms with van der Waals surface area (Å²) in [5.41, 5.74) is 3.32. The van der Waals surface area contributed by atoms with Gasteiger partial charge >= 0.3 is 0 Å². The predicted octanol–water partition coefficient (Wildman–Crippen LogP) is 16.7. The van der Waals surface area contributed by atoms with E-state index < -0.39 is 0 Å². The first-order valence-corrected chi connectivity index (χ1v) is 22.5. The molecular formula is C42H70S3. The molecule has 0 radical (unpaired) electrons. The average molecular weight is 671 g/mol. The number of hydrogen-bond acceptors (Lipinski definition) is 3. The molecule has 3 aromatic heterocycles. The summed E-state index contributed by atoms with van der Waals surface area (Å²) < 4.78 is 3.25. The summed E-state index contributed by atoms with van der Waals surface area (Å²) in [6, 6.07) is 4.58. The van der Waals surface area contributed by atoms with Crippen molar-refractivity contribution in [2.24, 2.45) is 0 Å². The van der Waals surface area contributed by atoms with E-state index in [4.69, 9.17) is 0 Å². The minimum Gasteiger partial charge on any atom is -0.143 e. The number of fused-ring (bicyclic) bond motifs is 1. The molecule has 0 amide bonds. The number of thiophene rings is 3. The van der Waals surface area contributed by atoms with Crippen LogP contribution in [0.25, 0.3) is 19.2 Å². The van der Waals surface area contributed by atoms with Crippen molar-refractivity contribution in [1.29, 1.82) is 0 Å². The Balaban J connectivity index is 1.28. The molecular weight excluding hydrogens is 601 g/mol. The minimum atomic E-state index is 1.27. The lowest BCUT2D eigenvalue weighted by molar-refractivity contribution is 0.535. The first-order chi connectivity index (χ1) is 22.3. The van der Waals surface area contributed by atoms with Crippen LogP contribution in [0.4, 0.5) is 0 Å². The van der Waals surface area contributed by atoms with Gasteiger partial charge in [-0.3, -0.25) is 0 Å². The first-order valence-electron chi connectivity index (χ1n) is 19.9. The molecule has 3 rings (SSSR count). The molecule has 0 aliphatic rings. The summed E-state index contributed by atoms with van der Waals surface area (Å²) in [6.07, 6.45) is 42.8. The predicted molar refractivity (Wildman–Crippen MR) is 211 cm³/mol. The van der Waals surface area contributed by atoms with Crippen molar-refractivity contribution in [3.05, 3.63) is 34.0 Å². The molecule has 0 unspecified atom stereocenters. The molecule has 0 nitrogen and oxygen atoms in total. The third-order valence-electron chi connectivity index (χ3n) is 9.89. The summed E-state index contributed by atoms with van der Waals surface area (Å²) in [7, 11) is 0. The van der Waals surface area contributed by atoms with E-state index in [0.29, 0.717) is 0 Å². The van der Waals surface area contributed by atoms with Crippen molar-refractivity contribution >= 4 is 43.4 Å². The Bertz CT molecular complexity index is 1060. The summed E-state index contributed by atoms with van der Waals surface area (Å²) in [5, 5.41) is 4.77. The van der Waals surface area contributed by atoms with Crippen molar-refractivity contribution in [2.75, 3.05) is 0 Å². The maximum Gasteiger partial charge on any atom is 0.0495 e. The van der Waals surface area contributed by atoms with Crippen molar-refractivity contribution < 1.29 is 0 Å². The zero-order valence-corrected chi connectivity index (χ0v) is 32.2. The van der Waals surface area contributed by atoms with E-state index in [9.17, 15) is 0 Å². The van der Waals surface area contributed by atoms with E-state index in [0.717, 1.165) is 0 Å². The molecule has 0 bridgehead atoms. The molecule has 0 atom stereocenters. The Morgan fingerprint density at radius 3 is 1.29 bits per heavy atom. The average Bonchev–Trinajstić information content (AvgIpc) is 3.80. The van der Waals surface area contributed by atoms with Gasteiger partial charge in [0.2, 0.25) is 0 Å². The van der Waals surface area contributed by atoms with Crippen LogP contribution in [0.15, 0.2) is 22.9 Å². The largest absolute Gasteiger partial charge is 0.143 e. The lowest BCUT2D eigenvalue weighted by Crippen LogP contribution is -1.87. The van der Waals surface area contributed by atoms with Gasteiger partial charge in [-0.05, 0) is 53.6 Å². The van der Waals surface area contributed by atoms with Crippen LogP contribution < -0.4 is 0 Å². The fraction of sp³-hybridized carbons (Fsp3) is 0.762. The second-order valence-corrected chi connectivity index (χ2v) is 16.8. The highest BCUT2D eigenvalue weighted by Crippen LogP contribution is 2.45. The van der Waals surface area contributed by atoms with Crippen LogP contribution in [0.2, 0.25) is 0 Å². The van der Waals surface area contributed by atoms with Crippen molar-refractivity contribution in [1.82, 2.24) is 0 Å². The van der Waals surface area contributed by atoms with Crippen molar-refractivity contribution in [2.45, 2.75) is 206 Å². The number of rotatable bonds is 31. The maximum absolute atomic E-state index is 2.51. The third kappa shape index (κ3) is 16.3. The molecule has 0 aliphatic heterocycles. The summed E-state index contributed by atoms with van der Waals surface area (Å²) >= 11 is 6.09. The lowest BCUT2D eigenvalue weighted by atomic mass is 10.0. The lowest BCUT2D eigenvalue weighted by Gasteiger charge is -2.05. The molecule has 0 spiro atoms. The van der Waals surface area contributed by atoms with E-state index in [1.165, 1.54) is 198 Å². The molecule has 3 heteroatoms. The van der Waals surface area contributed by atoms with Gasteiger partial charge in [-0.15, -0.1) is 34.0 Å². The topological polar surface area (TPSA) is 0 Å². The molecule has 0 aromatic carbocycles. The Morgan fingerprint density at radius 2 is 0.867 bits per heavy atom. The molecule has 0 fully saturated rings. The monoisotopic (exact) mass is 670 g/mol. The summed E-state index contributed by atoms with van der Waals surface area (Å²) in [5.74, 6) is 0. The van der Waals surface area contributed by atoms with Gasteiger partial charge in [-0.25, -0.2) is 0 Å². The first kappa shape index (κ1) is 38.8. The van der Waals surface area contributed by atoms with Gasteiger partial charge in [0.25, 0.3) is 0 Å². The Labute approximate surface area is 292 Å². The Hall–Kier alpha value is -0.640. The van der Waals surface area contributed by atoms with Crippen LogP contribution in [0.1, 0.15) is 205 Å². The van der Waals surface area contributed by atoms with Gasteiger partial charge in [0.1, 0.15) is 0 Å².